The topological polar surface area (TPSA) is 88.6 Å². The molecule has 1 fully saturated rings. The molecule has 1 N–H and O–H groups in total. The largest absolute Gasteiger partial charge is 0.378 e. The molecule has 27 heavy (non-hydrogen) atoms. The zero-order valence-electron chi connectivity index (χ0n) is 14.9. The summed E-state index contributed by atoms with van der Waals surface area (Å²) in [6.07, 6.45) is 5.09. The molecule has 0 spiro atoms. The molecule has 0 atom stereocenters. The average molecular weight is 408 g/mol. The van der Waals surface area contributed by atoms with E-state index < -0.39 is 10.0 Å². The molecule has 1 amide bonds. The Hall–Kier alpha value is -1.94. The summed E-state index contributed by atoms with van der Waals surface area (Å²) in [7, 11) is -3.75. The number of ether oxygens (including phenoxy) is 1. The molecule has 2 aromatic rings. The van der Waals surface area contributed by atoms with Crippen molar-refractivity contribution >= 4 is 27.7 Å². The maximum atomic E-state index is 12.9. The number of hydrogen-bond acceptors (Lipinski definition) is 6. The molecule has 0 unspecified atom stereocenters. The third-order valence-electron chi connectivity index (χ3n) is 4.20. The fourth-order valence-electron chi connectivity index (χ4n) is 2.72. The van der Waals surface area contributed by atoms with E-state index in [0.717, 1.165) is 10.5 Å². The summed E-state index contributed by atoms with van der Waals surface area (Å²) in [6.45, 7) is 2.12. The van der Waals surface area contributed by atoms with Gasteiger partial charge in [-0.3, -0.25) is 9.78 Å². The van der Waals surface area contributed by atoms with Gasteiger partial charge in [0.1, 0.15) is 0 Å². The van der Waals surface area contributed by atoms with E-state index in [2.05, 4.69) is 9.71 Å². The van der Waals surface area contributed by atoms with Crippen LogP contribution in [0.5, 0.6) is 0 Å². The van der Waals surface area contributed by atoms with E-state index in [1.165, 1.54) is 23.9 Å². The summed E-state index contributed by atoms with van der Waals surface area (Å²) in [5.41, 5.74) is 1.15. The van der Waals surface area contributed by atoms with Crippen LogP contribution in [0.2, 0.25) is 0 Å². The smallest absolute Gasteiger partial charge is 0.255 e. The highest BCUT2D eigenvalue weighted by molar-refractivity contribution is 7.98. The molecule has 0 bridgehead atoms. The quantitative estimate of drug-likeness (QED) is 0.734. The number of pyridine rings is 1. The third kappa shape index (κ3) is 4.86. The molecule has 0 radical (unpaired) electrons. The maximum absolute atomic E-state index is 12.9. The van der Waals surface area contributed by atoms with Gasteiger partial charge in [-0.1, -0.05) is 6.07 Å². The van der Waals surface area contributed by atoms with Crippen LogP contribution in [-0.4, -0.2) is 56.8 Å². The summed E-state index contributed by atoms with van der Waals surface area (Å²) < 4.78 is 33.2. The van der Waals surface area contributed by atoms with Gasteiger partial charge in [-0.25, -0.2) is 13.1 Å². The minimum absolute atomic E-state index is 0.0702. The Kier molecular flexibility index (Phi) is 6.48. The summed E-state index contributed by atoms with van der Waals surface area (Å²) in [6, 6.07) is 8.19. The van der Waals surface area contributed by atoms with Gasteiger partial charge < -0.3 is 9.64 Å². The van der Waals surface area contributed by atoms with Crippen molar-refractivity contribution in [2.24, 2.45) is 0 Å². The Labute approximate surface area is 163 Å². The fourth-order valence-corrected chi connectivity index (χ4v) is 4.34. The lowest BCUT2D eigenvalue weighted by Gasteiger charge is -2.27. The summed E-state index contributed by atoms with van der Waals surface area (Å²) in [4.78, 5) is 19.4. The summed E-state index contributed by atoms with van der Waals surface area (Å²) >= 11 is 1.42. The number of benzene rings is 1. The van der Waals surface area contributed by atoms with Crippen LogP contribution in [0.4, 0.5) is 0 Å². The van der Waals surface area contributed by atoms with Crippen LogP contribution >= 0.6 is 11.8 Å². The first kappa shape index (κ1) is 19.8. The Morgan fingerprint density at radius 2 is 2.07 bits per heavy atom. The molecular weight excluding hydrogens is 386 g/mol. The van der Waals surface area contributed by atoms with Crippen LogP contribution < -0.4 is 4.72 Å². The number of rotatable bonds is 6. The Balaban J connectivity index is 1.84. The molecule has 1 aliphatic heterocycles. The van der Waals surface area contributed by atoms with Gasteiger partial charge in [0.25, 0.3) is 5.91 Å². The summed E-state index contributed by atoms with van der Waals surface area (Å²) in [5.74, 6) is -0.174. The second kappa shape index (κ2) is 8.83. The molecule has 7 nitrogen and oxygen atoms in total. The Morgan fingerprint density at radius 3 is 2.74 bits per heavy atom. The highest BCUT2D eigenvalue weighted by atomic mass is 32.2. The average Bonchev–Trinajstić information content (AvgIpc) is 2.72. The number of carbonyl (C=O) groups excluding carboxylic acids is 1. The zero-order valence-corrected chi connectivity index (χ0v) is 16.6. The number of thioether (sulfide) groups is 1. The SMILES string of the molecule is CSc1ccc(S(=O)(=O)NCc2cccnc2)cc1C(=O)N1CCOCC1. The van der Waals surface area contributed by atoms with E-state index in [-0.39, 0.29) is 17.3 Å². The number of amides is 1. The molecule has 144 valence electrons. The van der Waals surface area contributed by atoms with Crippen LogP contribution in [0.15, 0.2) is 52.5 Å². The van der Waals surface area contributed by atoms with Crippen molar-refractivity contribution in [1.29, 1.82) is 0 Å². The van der Waals surface area contributed by atoms with Crippen LogP contribution in [-0.2, 0) is 21.3 Å². The fraction of sp³-hybridized carbons (Fsp3) is 0.333. The number of carbonyl (C=O) groups is 1. The lowest BCUT2D eigenvalue weighted by Crippen LogP contribution is -2.41. The second-order valence-corrected chi connectivity index (χ2v) is 8.57. The first-order valence-corrected chi connectivity index (χ1v) is 11.2. The van der Waals surface area contributed by atoms with E-state index >= 15 is 0 Å². The minimum atomic E-state index is -3.75. The van der Waals surface area contributed by atoms with Crippen molar-refractivity contribution in [1.82, 2.24) is 14.6 Å². The molecule has 1 aromatic heterocycles. The number of morpholine rings is 1. The van der Waals surface area contributed by atoms with Crippen molar-refractivity contribution in [3.63, 3.8) is 0 Å². The third-order valence-corrected chi connectivity index (χ3v) is 6.39. The molecular formula is C18H21N3O4S2. The van der Waals surface area contributed by atoms with Crippen LogP contribution in [0, 0.1) is 0 Å². The van der Waals surface area contributed by atoms with E-state index in [1.807, 2.05) is 6.26 Å². The second-order valence-electron chi connectivity index (χ2n) is 5.95. The lowest BCUT2D eigenvalue weighted by atomic mass is 10.2. The van der Waals surface area contributed by atoms with E-state index in [4.69, 9.17) is 4.74 Å². The monoisotopic (exact) mass is 407 g/mol. The molecule has 0 aliphatic carbocycles. The standard InChI is InChI=1S/C18H21N3O4S2/c1-26-17-5-4-15(11-16(17)18(22)21-7-9-25-10-8-21)27(23,24)20-13-14-3-2-6-19-12-14/h2-6,11-12,20H,7-10,13H2,1H3. The molecule has 3 rings (SSSR count). The van der Waals surface area contributed by atoms with Gasteiger partial charge in [0.15, 0.2) is 0 Å². The van der Waals surface area contributed by atoms with Crippen molar-refractivity contribution in [3.05, 3.63) is 53.9 Å². The summed E-state index contributed by atoms with van der Waals surface area (Å²) in [5, 5.41) is 0. The van der Waals surface area contributed by atoms with Gasteiger partial charge in [-0.05, 0) is 36.1 Å². The Bertz CT molecular complexity index is 898. The van der Waals surface area contributed by atoms with Crippen molar-refractivity contribution < 1.29 is 17.9 Å². The normalized spacial score (nSPS) is 14.9. The zero-order chi connectivity index (χ0) is 19.3. The predicted octanol–water partition coefficient (Wildman–Crippen LogP) is 1.75. The number of aromatic nitrogens is 1. The van der Waals surface area contributed by atoms with Gasteiger partial charge in [-0.15, -0.1) is 11.8 Å². The molecule has 0 saturated carbocycles. The minimum Gasteiger partial charge on any atom is -0.378 e. The predicted molar refractivity (Wildman–Crippen MR) is 103 cm³/mol. The van der Waals surface area contributed by atoms with Crippen LogP contribution in [0.25, 0.3) is 0 Å². The molecule has 2 heterocycles. The Morgan fingerprint density at radius 1 is 1.30 bits per heavy atom. The number of nitrogens with zero attached hydrogens (tertiary/aromatic N) is 2. The number of hydrogen-bond donors (Lipinski definition) is 1. The molecule has 1 aliphatic rings. The van der Waals surface area contributed by atoms with E-state index in [1.54, 1.807) is 35.5 Å². The van der Waals surface area contributed by atoms with E-state index in [9.17, 15) is 13.2 Å². The van der Waals surface area contributed by atoms with Gasteiger partial charge in [0, 0.05) is 36.9 Å². The van der Waals surface area contributed by atoms with Crippen LogP contribution in [0.3, 0.4) is 0 Å². The van der Waals surface area contributed by atoms with Gasteiger partial charge in [0.05, 0.1) is 23.7 Å². The van der Waals surface area contributed by atoms with Crippen molar-refractivity contribution in [2.75, 3.05) is 32.6 Å². The van der Waals surface area contributed by atoms with E-state index in [0.29, 0.717) is 31.9 Å². The molecule has 1 saturated heterocycles. The van der Waals surface area contributed by atoms with Gasteiger partial charge in [-0.2, -0.15) is 0 Å². The van der Waals surface area contributed by atoms with Gasteiger partial charge >= 0.3 is 0 Å². The first-order valence-electron chi connectivity index (χ1n) is 8.45. The molecule has 9 heteroatoms. The molecule has 1 aromatic carbocycles. The van der Waals surface area contributed by atoms with Crippen molar-refractivity contribution in [2.45, 2.75) is 16.3 Å². The highest BCUT2D eigenvalue weighted by Crippen LogP contribution is 2.25. The maximum Gasteiger partial charge on any atom is 0.255 e. The number of sulfonamides is 1. The number of nitrogens with one attached hydrogen (secondary N) is 1. The lowest BCUT2D eigenvalue weighted by molar-refractivity contribution is 0.0300. The first-order chi connectivity index (χ1) is 13.0. The van der Waals surface area contributed by atoms with Gasteiger partial charge in [0.2, 0.25) is 10.0 Å². The highest BCUT2D eigenvalue weighted by Gasteiger charge is 2.24. The van der Waals surface area contributed by atoms with Crippen molar-refractivity contribution in [3.8, 4) is 0 Å². The van der Waals surface area contributed by atoms with Crippen LogP contribution in [0.1, 0.15) is 15.9 Å².